The molecule has 0 saturated heterocycles. The maximum Gasteiger partial charge on any atom is 0.344 e. The first-order valence-corrected chi connectivity index (χ1v) is 5.71. The highest BCUT2D eigenvalue weighted by Gasteiger charge is 2.42. The molecule has 0 saturated carbocycles. The van der Waals surface area contributed by atoms with Crippen molar-refractivity contribution in [2.45, 2.75) is 32.5 Å². The van der Waals surface area contributed by atoms with Crippen LogP contribution in [0, 0.1) is 18.6 Å². The SMILES string of the molecule is CCOC(=O)C(F)C(C)(O)c1cc(F)c(C)cc1F. The smallest absolute Gasteiger partial charge is 0.344 e. The second-order valence-electron chi connectivity index (χ2n) is 4.34. The first-order valence-electron chi connectivity index (χ1n) is 5.71. The molecular formula is C13H15F3O3. The summed E-state index contributed by atoms with van der Waals surface area (Å²) in [5.41, 5.74) is -3.12. The molecule has 106 valence electrons. The van der Waals surface area contributed by atoms with Gasteiger partial charge in [-0.3, -0.25) is 0 Å². The van der Waals surface area contributed by atoms with Gasteiger partial charge in [0.25, 0.3) is 0 Å². The molecule has 0 radical (unpaired) electrons. The zero-order valence-electron chi connectivity index (χ0n) is 10.8. The Morgan fingerprint density at radius 3 is 2.53 bits per heavy atom. The standard InChI is InChI=1S/C13H15F3O3/c1-4-19-12(17)11(16)13(3,18)8-6-9(14)7(2)5-10(8)15/h5-6,11,18H,4H2,1-3H3. The van der Waals surface area contributed by atoms with E-state index in [-0.39, 0.29) is 12.2 Å². The second-order valence-corrected chi connectivity index (χ2v) is 4.34. The predicted octanol–water partition coefficient (Wildman–Crippen LogP) is 2.38. The zero-order chi connectivity index (χ0) is 14.8. The maximum absolute atomic E-state index is 13.8. The number of esters is 1. The monoisotopic (exact) mass is 276 g/mol. The van der Waals surface area contributed by atoms with Crippen LogP contribution >= 0.6 is 0 Å². The van der Waals surface area contributed by atoms with Crippen molar-refractivity contribution >= 4 is 5.97 Å². The lowest BCUT2D eigenvalue weighted by molar-refractivity contribution is -0.160. The lowest BCUT2D eigenvalue weighted by Crippen LogP contribution is -2.41. The van der Waals surface area contributed by atoms with Gasteiger partial charge in [-0.15, -0.1) is 0 Å². The third kappa shape index (κ3) is 3.07. The minimum atomic E-state index is -2.51. The number of halogens is 3. The van der Waals surface area contributed by atoms with Gasteiger partial charge in [-0.25, -0.2) is 18.0 Å². The summed E-state index contributed by atoms with van der Waals surface area (Å²) in [6.45, 7) is 3.60. The van der Waals surface area contributed by atoms with E-state index in [0.29, 0.717) is 6.07 Å². The summed E-state index contributed by atoms with van der Waals surface area (Å²) < 4.78 is 45.3. The van der Waals surface area contributed by atoms with E-state index in [9.17, 15) is 23.1 Å². The van der Waals surface area contributed by atoms with Gasteiger partial charge in [0.15, 0.2) is 0 Å². The Labute approximate surface area is 109 Å². The molecule has 0 heterocycles. The summed E-state index contributed by atoms with van der Waals surface area (Å²) in [6.07, 6.45) is -2.51. The highest BCUT2D eigenvalue weighted by molar-refractivity contribution is 5.76. The van der Waals surface area contributed by atoms with Crippen LogP contribution in [0.3, 0.4) is 0 Å². The number of carbonyl (C=O) groups is 1. The van der Waals surface area contributed by atoms with Crippen molar-refractivity contribution in [3.05, 3.63) is 34.9 Å². The van der Waals surface area contributed by atoms with Crippen LogP contribution < -0.4 is 0 Å². The van der Waals surface area contributed by atoms with E-state index in [2.05, 4.69) is 4.74 Å². The van der Waals surface area contributed by atoms with E-state index in [0.717, 1.165) is 13.0 Å². The van der Waals surface area contributed by atoms with E-state index < -0.39 is 34.9 Å². The molecule has 0 aliphatic heterocycles. The third-order valence-electron chi connectivity index (χ3n) is 2.78. The van der Waals surface area contributed by atoms with Crippen molar-refractivity contribution < 1.29 is 27.8 Å². The van der Waals surface area contributed by atoms with Crippen molar-refractivity contribution in [3.63, 3.8) is 0 Å². The van der Waals surface area contributed by atoms with Gasteiger partial charge in [0.2, 0.25) is 6.17 Å². The molecule has 0 aliphatic rings. The van der Waals surface area contributed by atoms with Crippen molar-refractivity contribution in [1.82, 2.24) is 0 Å². The average molecular weight is 276 g/mol. The lowest BCUT2D eigenvalue weighted by Gasteiger charge is -2.27. The number of hydrogen-bond acceptors (Lipinski definition) is 3. The molecular weight excluding hydrogens is 261 g/mol. The summed E-state index contributed by atoms with van der Waals surface area (Å²) in [5.74, 6) is -3.11. The van der Waals surface area contributed by atoms with E-state index in [4.69, 9.17) is 0 Å². The Hall–Kier alpha value is -1.56. The molecule has 1 aromatic carbocycles. The fourth-order valence-electron chi connectivity index (χ4n) is 1.62. The molecule has 6 heteroatoms. The molecule has 19 heavy (non-hydrogen) atoms. The van der Waals surface area contributed by atoms with Crippen LogP contribution in [-0.4, -0.2) is 23.9 Å². The van der Waals surface area contributed by atoms with E-state index in [1.165, 1.54) is 13.8 Å². The average Bonchev–Trinajstić information content (AvgIpc) is 2.32. The summed E-state index contributed by atoms with van der Waals surface area (Å²) in [7, 11) is 0. The van der Waals surface area contributed by atoms with Gasteiger partial charge in [0, 0.05) is 5.56 Å². The maximum atomic E-state index is 13.8. The summed E-state index contributed by atoms with van der Waals surface area (Å²) in [4.78, 5) is 11.3. The first-order chi connectivity index (χ1) is 8.71. The van der Waals surface area contributed by atoms with E-state index in [1.807, 2.05) is 0 Å². The molecule has 0 bridgehead atoms. The highest BCUT2D eigenvalue weighted by Crippen LogP contribution is 2.31. The van der Waals surface area contributed by atoms with Crippen LogP contribution in [-0.2, 0) is 15.1 Å². The first kappa shape index (κ1) is 15.5. The van der Waals surface area contributed by atoms with Crippen molar-refractivity contribution in [2.24, 2.45) is 0 Å². The van der Waals surface area contributed by atoms with Crippen LogP contribution in [0.2, 0.25) is 0 Å². The van der Waals surface area contributed by atoms with Crippen molar-refractivity contribution in [3.8, 4) is 0 Å². The van der Waals surface area contributed by atoms with E-state index in [1.54, 1.807) is 0 Å². The number of aliphatic hydroxyl groups is 1. The Balaban J connectivity index is 3.19. The number of carbonyl (C=O) groups excluding carboxylic acids is 1. The fraction of sp³-hybridized carbons (Fsp3) is 0.462. The number of ether oxygens (including phenoxy) is 1. The van der Waals surface area contributed by atoms with Gasteiger partial charge in [-0.2, -0.15) is 0 Å². The molecule has 0 aliphatic carbocycles. The van der Waals surface area contributed by atoms with Crippen molar-refractivity contribution in [2.75, 3.05) is 6.61 Å². The molecule has 0 spiro atoms. The zero-order valence-corrected chi connectivity index (χ0v) is 10.8. The highest BCUT2D eigenvalue weighted by atomic mass is 19.1. The summed E-state index contributed by atoms with van der Waals surface area (Å²) >= 11 is 0. The molecule has 3 nitrogen and oxygen atoms in total. The van der Waals surface area contributed by atoms with Gasteiger partial charge in [-0.1, -0.05) is 0 Å². The van der Waals surface area contributed by atoms with Crippen LogP contribution in [0.1, 0.15) is 25.0 Å². The number of hydrogen-bond donors (Lipinski definition) is 1. The minimum absolute atomic E-state index is 0.0172. The second kappa shape index (κ2) is 5.61. The van der Waals surface area contributed by atoms with Gasteiger partial charge in [-0.05, 0) is 38.5 Å². The number of benzene rings is 1. The normalized spacial score (nSPS) is 15.7. The molecule has 0 amide bonds. The molecule has 1 N–H and O–H groups in total. The summed E-state index contributed by atoms with van der Waals surface area (Å²) in [5, 5.41) is 9.97. The van der Waals surface area contributed by atoms with Crippen LogP contribution in [0.15, 0.2) is 12.1 Å². The van der Waals surface area contributed by atoms with E-state index >= 15 is 0 Å². The molecule has 0 fully saturated rings. The fourth-order valence-corrected chi connectivity index (χ4v) is 1.62. The number of alkyl halides is 1. The Kier molecular flexibility index (Phi) is 4.57. The van der Waals surface area contributed by atoms with Crippen LogP contribution in [0.4, 0.5) is 13.2 Å². The summed E-state index contributed by atoms with van der Waals surface area (Å²) in [6, 6.07) is 1.51. The van der Waals surface area contributed by atoms with Crippen LogP contribution in [0.5, 0.6) is 0 Å². The topological polar surface area (TPSA) is 46.5 Å². The van der Waals surface area contributed by atoms with Gasteiger partial charge >= 0.3 is 5.97 Å². The van der Waals surface area contributed by atoms with Crippen molar-refractivity contribution in [1.29, 1.82) is 0 Å². The number of aryl methyl sites for hydroxylation is 1. The van der Waals surface area contributed by atoms with Crippen LogP contribution in [0.25, 0.3) is 0 Å². The lowest BCUT2D eigenvalue weighted by atomic mass is 9.89. The minimum Gasteiger partial charge on any atom is -0.464 e. The Morgan fingerprint density at radius 1 is 1.42 bits per heavy atom. The van der Waals surface area contributed by atoms with Gasteiger partial charge in [0.05, 0.1) is 6.61 Å². The molecule has 0 aromatic heterocycles. The molecule has 2 atom stereocenters. The van der Waals surface area contributed by atoms with Gasteiger partial charge in [0.1, 0.15) is 17.2 Å². The Morgan fingerprint density at radius 2 is 2.00 bits per heavy atom. The molecule has 1 rings (SSSR count). The Bertz CT molecular complexity index is 486. The quantitative estimate of drug-likeness (QED) is 0.859. The number of rotatable bonds is 4. The van der Waals surface area contributed by atoms with Gasteiger partial charge < -0.3 is 9.84 Å². The predicted molar refractivity (Wildman–Crippen MR) is 62.2 cm³/mol. The molecule has 2 unspecified atom stereocenters. The largest absolute Gasteiger partial charge is 0.464 e. The third-order valence-corrected chi connectivity index (χ3v) is 2.78. The molecule has 1 aromatic rings.